The minimum atomic E-state index is -0.116. The van der Waals surface area contributed by atoms with Crippen molar-refractivity contribution in [3.8, 4) is 0 Å². The maximum atomic E-state index is 8.95. The molecule has 0 amide bonds. The van der Waals surface area contributed by atoms with Gasteiger partial charge >= 0.3 is 0 Å². The van der Waals surface area contributed by atoms with Crippen LogP contribution in [0, 0.1) is 0 Å². The molecule has 0 radical (unpaired) electrons. The van der Waals surface area contributed by atoms with E-state index in [0.29, 0.717) is 6.61 Å². The highest BCUT2D eigenvalue weighted by Crippen LogP contribution is 2.43. The first-order valence-corrected chi connectivity index (χ1v) is 10.7. The molecule has 1 nitrogen and oxygen atoms in total. The summed E-state index contributed by atoms with van der Waals surface area (Å²) >= 11 is 0. The predicted molar refractivity (Wildman–Crippen MR) is 119 cm³/mol. The Hall–Kier alpha value is -2.38. The van der Waals surface area contributed by atoms with E-state index in [1.165, 1.54) is 42.4 Å². The van der Waals surface area contributed by atoms with Crippen LogP contribution in [0.15, 0.2) is 91.0 Å². The largest absolute Gasteiger partial charge is 0.396 e. The fourth-order valence-corrected chi connectivity index (χ4v) is 4.31. The van der Waals surface area contributed by atoms with Crippen LogP contribution in [0.5, 0.6) is 0 Å². The molecule has 0 aromatic heterocycles. The first-order valence-electron chi connectivity index (χ1n) is 10.7. The van der Waals surface area contributed by atoms with Gasteiger partial charge in [-0.05, 0) is 29.5 Å². The first-order chi connectivity index (χ1) is 13.9. The topological polar surface area (TPSA) is 20.2 Å². The number of rotatable bonds is 11. The van der Waals surface area contributed by atoms with E-state index in [9.17, 15) is 0 Å². The van der Waals surface area contributed by atoms with E-state index in [1.54, 1.807) is 0 Å². The summed E-state index contributed by atoms with van der Waals surface area (Å²) in [6, 6.07) is 32.9. The molecule has 0 bridgehead atoms. The molecule has 0 aliphatic rings. The van der Waals surface area contributed by atoms with Gasteiger partial charge in [0.15, 0.2) is 0 Å². The summed E-state index contributed by atoms with van der Waals surface area (Å²) in [6.07, 6.45) is 8.06. The van der Waals surface area contributed by atoms with Gasteiger partial charge in [0.1, 0.15) is 0 Å². The minimum Gasteiger partial charge on any atom is -0.396 e. The molecule has 1 N–H and O–H groups in total. The van der Waals surface area contributed by atoms with Gasteiger partial charge in [0.05, 0.1) is 0 Å². The van der Waals surface area contributed by atoms with Crippen molar-refractivity contribution in [3.05, 3.63) is 108 Å². The molecule has 1 heteroatoms. The lowest BCUT2D eigenvalue weighted by Gasteiger charge is -2.36. The second kappa shape index (κ2) is 10.8. The Kier molecular flexibility index (Phi) is 7.87. The average Bonchev–Trinajstić information content (AvgIpc) is 2.78. The lowest BCUT2D eigenvalue weighted by Crippen LogP contribution is -2.29. The Balaban J connectivity index is 1.91. The van der Waals surface area contributed by atoms with E-state index in [2.05, 4.69) is 91.0 Å². The molecule has 3 rings (SSSR count). The number of unbranched alkanes of at least 4 members (excludes halogenated alkanes) is 5. The normalized spacial score (nSPS) is 11.5. The third kappa shape index (κ3) is 4.91. The Labute approximate surface area is 170 Å². The maximum Gasteiger partial charge on any atom is 0.0451 e. The van der Waals surface area contributed by atoms with E-state index >= 15 is 0 Å². The van der Waals surface area contributed by atoms with E-state index < -0.39 is 0 Å². The van der Waals surface area contributed by atoms with Crippen molar-refractivity contribution in [1.82, 2.24) is 0 Å². The van der Waals surface area contributed by atoms with E-state index in [1.807, 2.05) is 0 Å². The van der Waals surface area contributed by atoms with Gasteiger partial charge in [-0.25, -0.2) is 0 Å². The van der Waals surface area contributed by atoms with Crippen LogP contribution < -0.4 is 0 Å². The maximum absolute atomic E-state index is 8.95. The average molecular weight is 373 g/mol. The Morgan fingerprint density at radius 3 is 1.21 bits per heavy atom. The predicted octanol–water partition coefficient (Wildman–Crippen LogP) is 6.74. The van der Waals surface area contributed by atoms with Crippen LogP contribution in [0.4, 0.5) is 0 Å². The summed E-state index contributed by atoms with van der Waals surface area (Å²) < 4.78 is 0. The second-order valence-corrected chi connectivity index (χ2v) is 7.60. The number of aliphatic hydroxyl groups is 1. The van der Waals surface area contributed by atoms with Crippen molar-refractivity contribution >= 4 is 0 Å². The van der Waals surface area contributed by atoms with Gasteiger partial charge in [-0.1, -0.05) is 123 Å². The summed E-state index contributed by atoms with van der Waals surface area (Å²) in [4.78, 5) is 0. The Morgan fingerprint density at radius 2 is 0.821 bits per heavy atom. The van der Waals surface area contributed by atoms with Crippen LogP contribution in [0.2, 0.25) is 0 Å². The van der Waals surface area contributed by atoms with Crippen LogP contribution in [-0.4, -0.2) is 11.7 Å². The smallest absolute Gasteiger partial charge is 0.0451 e. The quantitative estimate of drug-likeness (QED) is 0.292. The van der Waals surface area contributed by atoms with Gasteiger partial charge < -0.3 is 5.11 Å². The zero-order chi connectivity index (χ0) is 19.5. The molecule has 0 atom stereocenters. The Morgan fingerprint density at radius 1 is 0.464 bits per heavy atom. The lowest BCUT2D eigenvalue weighted by molar-refractivity contribution is 0.282. The van der Waals surface area contributed by atoms with Gasteiger partial charge in [0.25, 0.3) is 0 Å². The molecule has 0 saturated heterocycles. The fraction of sp³-hybridized carbons (Fsp3) is 0.333. The van der Waals surface area contributed by atoms with Crippen molar-refractivity contribution < 1.29 is 5.11 Å². The Bertz CT molecular complexity index is 684. The molecular weight excluding hydrogens is 340 g/mol. The van der Waals surface area contributed by atoms with Crippen LogP contribution in [0.25, 0.3) is 0 Å². The SMILES string of the molecule is OCCCCCCCCC(c1ccccc1)(c1ccccc1)c1ccccc1. The van der Waals surface area contributed by atoms with Crippen molar-refractivity contribution in [3.63, 3.8) is 0 Å². The van der Waals surface area contributed by atoms with Crippen LogP contribution in [-0.2, 0) is 5.41 Å². The summed E-state index contributed by atoms with van der Waals surface area (Å²) in [5.74, 6) is 0. The zero-order valence-electron chi connectivity index (χ0n) is 16.8. The standard InChI is InChI=1S/C27H32O/c28-23-15-4-2-1-3-14-22-27(24-16-8-5-9-17-24,25-18-10-6-11-19-25)26-20-12-7-13-21-26/h5-13,16-21,28H,1-4,14-15,22-23H2. The minimum absolute atomic E-state index is 0.116. The summed E-state index contributed by atoms with van der Waals surface area (Å²) in [5, 5.41) is 8.95. The molecule has 0 aliphatic heterocycles. The van der Waals surface area contributed by atoms with Crippen LogP contribution in [0.3, 0.4) is 0 Å². The molecule has 146 valence electrons. The molecule has 3 aromatic carbocycles. The third-order valence-electron chi connectivity index (χ3n) is 5.76. The zero-order valence-corrected chi connectivity index (χ0v) is 16.8. The molecule has 0 fully saturated rings. The molecule has 0 heterocycles. The van der Waals surface area contributed by atoms with Gasteiger partial charge in [0.2, 0.25) is 0 Å². The second-order valence-electron chi connectivity index (χ2n) is 7.60. The van der Waals surface area contributed by atoms with Crippen molar-refractivity contribution in [2.45, 2.75) is 50.4 Å². The highest BCUT2D eigenvalue weighted by molar-refractivity contribution is 5.50. The molecule has 0 unspecified atom stereocenters. The van der Waals surface area contributed by atoms with Gasteiger partial charge in [-0.3, -0.25) is 0 Å². The number of aliphatic hydroxyl groups excluding tert-OH is 1. The summed E-state index contributed by atoms with van der Waals surface area (Å²) in [7, 11) is 0. The number of hydrogen-bond acceptors (Lipinski definition) is 1. The van der Waals surface area contributed by atoms with E-state index in [4.69, 9.17) is 5.11 Å². The molecular formula is C27H32O. The van der Waals surface area contributed by atoms with E-state index in [-0.39, 0.29) is 5.41 Å². The number of hydrogen-bond donors (Lipinski definition) is 1. The van der Waals surface area contributed by atoms with Crippen molar-refractivity contribution in [2.75, 3.05) is 6.61 Å². The molecule has 0 aliphatic carbocycles. The first kappa shape index (κ1) is 20.4. The third-order valence-corrected chi connectivity index (χ3v) is 5.76. The fourth-order valence-electron chi connectivity index (χ4n) is 4.31. The van der Waals surface area contributed by atoms with Gasteiger partial charge in [0, 0.05) is 12.0 Å². The molecule has 0 saturated carbocycles. The summed E-state index contributed by atoms with van der Waals surface area (Å²) in [5.41, 5.74) is 3.99. The summed E-state index contributed by atoms with van der Waals surface area (Å²) in [6.45, 7) is 0.319. The molecule has 3 aromatic rings. The van der Waals surface area contributed by atoms with Crippen molar-refractivity contribution in [2.24, 2.45) is 0 Å². The number of benzene rings is 3. The highest BCUT2D eigenvalue weighted by atomic mass is 16.2. The molecule has 28 heavy (non-hydrogen) atoms. The van der Waals surface area contributed by atoms with Crippen molar-refractivity contribution in [1.29, 1.82) is 0 Å². The highest BCUT2D eigenvalue weighted by Gasteiger charge is 2.35. The lowest BCUT2D eigenvalue weighted by atomic mass is 9.66. The van der Waals surface area contributed by atoms with Gasteiger partial charge in [-0.15, -0.1) is 0 Å². The molecule has 0 spiro atoms. The van der Waals surface area contributed by atoms with Crippen LogP contribution in [0.1, 0.15) is 61.6 Å². The van der Waals surface area contributed by atoms with E-state index in [0.717, 1.165) is 19.3 Å². The van der Waals surface area contributed by atoms with Crippen LogP contribution >= 0.6 is 0 Å². The van der Waals surface area contributed by atoms with Gasteiger partial charge in [-0.2, -0.15) is 0 Å². The monoisotopic (exact) mass is 372 g/mol.